The van der Waals surface area contributed by atoms with Gasteiger partial charge in [-0.25, -0.2) is 8.42 Å². The quantitative estimate of drug-likeness (QED) is 0.551. The van der Waals surface area contributed by atoms with Crippen LogP contribution in [-0.2, 0) is 26.2 Å². The highest BCUT2D eigenvalue weighted by molar-refractivity contribution is 7.92. The number of aryl methyl sites for hydroxylation is 1. The Morgan fingerprint density at radius 3 is 2.26 bits per heavy atom. The van der Waals surface area contributed by atoms with Crippen LogP contribution in [-0.4, -0.2) is 49.5 Å². The van der Waals surface area contributed by atoms with Gasteiger partial charge >= 0.3 is 0 Å². The number of sulfonamides is 1. The first-order valence-corrected chi connectivity index (χ1v) is 13.3. The molecule has 0 saturated carbocycles. The molecular formula is C24H31Cl2N3O4S. The van der Waals surface area contributed by atoms with Gasteiger partial charge < -0.3 is 10.2 Å². The van der Waals surface area contributed by atoms with Gasteiger partial charge in [-0.1, -0.05) is 41.4 Å². The molecule has 7 nitrogen and oxygen atoms in total. The molecule has 0 bridgehead atoms. The van der Waals surface area contributed by atoms with Crippen LogP contribution in [0.4, 0.5) is 5.69 Å². The van der Waals surface area contributed by atoms with Crippen molar-refractivity contribution in [2.75, 3.05) is 17.1 Å². The molecule has 0 fully saturated rings. The van der Waals surface area contributed by atoms with Crippen molar-refractivity contribution in [1.82, 2.24) is 10.2 Å². The van der Waals surface area contributed by atoms with Crippen LogP contribution in [0.1, 0.15) is 38.8 Å². The number of hydrogen-bond donors (Lipinski definition) is 1. The van der Waals surface area contributed by atoms with Crippen LogP contribution in [0.2, 0.25) is 10.0 Å². The van der Waals surface area contributed by atoms with E-state index in [1.807, 2.05) is 33.8 Å². The number of anilines is 1. The van der Waals surface area contributed by atoms with Crippen molar-refractivity contribution >= 4 is 50.7 Å². The third-order valence-electron chi connectivity index (χ3n) is 4.99. The Bertz CT molecular complexity index is 1160. The van der Waals surface area contributed by atoms with Gasteiger partial charge in [-0.15, -0.1) is 0 Å². The first kappa shape index (κ1) is 28.0. The number of benzene rings is 2. The molecule has 0 heterocycles. The topological polar surface area (TPSA) is 86.8 Å². The van der Waals surface area contributed by atoms with Gasteiger partial charge in [0.05, 0.1) is 11.9 Å². The largest absolute Gasteiger partial charge is 0.350 e. The Balaban J connectivity index is 2.44. The number of nitrogens with one attached hydrogen (secondary N) is 1. The highest BCUT2D eigenvalue weighted by Crippen LogP contribution is 2.24. The van der Waals surface area contributed by atoms with E-state index in [4.69, 9.17) is 23.2 Å². The molecule has 1 N–H and O–H groups in total. The second kappa shape index (κ2) is 11.0. The second-order valence-corrected chi connectivity index (χ2v) is 12.0. The predicted molar refractivity (Wildman–Crippen MR) is 138 cm³/mol. The van der Waals surface area contributed by atoms with Crippen molar-refractivity contribution in [3.63, 3.8) is 0 Å². The molecule has 1 atom stereocenters. The Morgan fingerprint density at radius 1 is 1.09 bits per heavy atom. The summed E-state index contributed by atoms with van der Waals surface area (Å²) in [7, 11) is -3.78. The van der Waals surface area contributed by atoms with Crippen LogP contribution in [0, 0.1) is 6.92 Å². The maximum atomic E-state index is 13.5. The number of halogens is 2. The first-order valence-electron chi connectivity index (χ1n) is 10.7. The summed E-state index contributed by atoms with van der Waals surface area (Å²) < 4.78 is 26.2. The van der Waals surface area contributed by atoms with E-state index in [1.54, 1.807) is 43.3 Å². The molecule has 2 amide bonds. The van der Waals surface area contributed by atoms with Gasteiger partial charge in [0.15, 0.2) is 0 Å². The standard InChI is InChI=1S/C24H31Cl2N3O4S/c1-16-8-7-9-20(12-16)29(34(6,32)33)15-22(30)28(17(2)23(31)27-24(3,4)5)14-18-10-11-19(25)13-21(18)26/h7-13,17H,14-15H2,1-6H3,(H,27,31). The fraction of sp³-hybridized carbons (Fsp3) is 0.417. The molecule has 1 unspecified atom stereocenters. The molecule has 2 rings (SSSR count). The minimum Gasteiger partial charge on any atom is -0.350 e. The maximum Gasteiger partial charge on any atom is 0.244 e. The van der Waals surface area contributed by atoms with Gasteiger partial charge in [0, 0.05) is 22.1 Å². The summed E-state index contributed by atoms with van der Waals surface area (Å²) in [6, 6.07) is 10.8. The summed E-state index contributed by atoms with van der Waals surface area (Å²) >= 11 is 12.3. The van der Waals surface area contributed by atoms with Crippen LogP contribution < -0.4 is 9.62 Å². The second-order valence-electron chi connectivity index (χ2n) is 9.28. The lowest BCUT2D eigenvalue weighted by Crippen LogP contribution is -2.54. The van der Waals surface area contributed by atoms with Crippen LogP contribution in [0.3, 0.4) is 0 Å². The van der Waals surface area contributed by atoms with Gasteiger partial charge in [0.25, 0.3) is 0 Å². The molecule has 2 aromatic carbocycles. The van der Waals surface area contributed by atoms with Crippen molar-refractivity contribution in [3.8, 4) is 0 Å². The first-order chi connectivity index (χ1) is 15.6. The fourth-order valence-electron chi connectivity index (χ4n) is 3.29. The Labute approximate surface area is 212 Å². The number of nitrogens with zero attached hydrogens (tertiary/aromatic N) is 2. The van der Waals surface area contributed by atoms with Crippen molar-refractivity contribution in [2.24, 2.45) is 0 Å². The van der Waals surface area contributed by atoms with Gasteiger partial charge in [-0.3, -0.25) is 13.9 Å². The van der Waals surface area contributed by atoms with E-state index >= 15 is 0 Å². The molecule has 0 aromatic heterocycles. The van der Waals surface area contributed by atoms with E-state index in [-0.39, 0.29) is 12.5 Å². The van der Waals surface area contributed by atoms with Crippen molar-refractivity contribution in [3.05, 3.63) is 63.6 Å². The van der Waals surface area contributed by atoms with E-state index in [0.717, 1.165) is 16.1 Å². The Kier molecular flexibility index (Phi) is 9.02. The smallest absolute Gasteiger partial charge is 0.244 e. The summed E-state index contributed by atoms with van der Waals surface area (Å²) in [6.07, 6.45) is 1.04. The lowest BCUT2D eigenvalue weighted by Gasteiger charge is -2.33. The van der Waals surface area contributed by atoms with Crippen molar-refractivity contribution < 1.29 is 18.0 Å². The minimum atomic E-state index is -3.78. The average Bonchev–Trinajstić information content (AvgIpc) is 2.68. The van der Waals surface area contributed by atoms with Crippen LogP contribution in [0.5, 0.6) is 0 Å². The molecule has 0 spiro atoms. The summed E-state index contributed by atoms with van der Waals surface area (Å²) in [5.74, 6) is -0.915. The van der Waals surface area contributed by atoms with Gasteiger partial charge in [-0.2, -0.15) is 0 Å². The third-order valence-corrected chi connectivity index (χ3v) is 6.72. The van der Waals surface area contributed by atoms with E-state index in [0.29, 0.717) is 21.3 Å². The zero-order valence-electron chi connectivity index (χ0n) is 20.2. The van der Waals surface area contributed by atoms with E-state index < -0.39 is 34.1 Å². The molecule has 0 aliphatic heterocycles. The summed E-state index contributed by atoms with van der Waals surface area (Å²) in [6.45, 7) is 8.47. The lowest BCUT2D eigenvalue weighted by molar-refractivity contribution is -0.140. The number of hydrogen-bond acceptors (Lipinski definition) is 4. The third kappa shape index (κ3) is 7.89. The molecule has 0 saturated heterocycles. The highest BCUT2D eigenvalue weighted by Gasteiger charge is 2.31. The Hall–Kier alpha value is -2.29. The van der Waals surface area contributed by atoms with E-state index in [1.165, 1.54) is 4.90 Å². The van der Waals surface area contributed by atoms with Gasteiger partial charge in [0.1, 0.15) is 12.6 Å². The van der Waals surface area contributed by atoms with Crippen molar-refractivity contribution in [2.45, 2.75) is 52.7 Å². The van der Waals surface area contributed by atoms with Crippen LogP contribution in [0.25, 0.3) is 0 Å². The Morgan fingerprint density at radius 2 is 1.74 bits per heavy atom. The number of amides is 2. The normalized spacial score (nSPS) is 12.7. The monoisotopic (exact) mass is 527 g/mol. The van der Waals surface area contributed by atoms with Gasteiger partial charge in [0.2, 0.25) is 21.8 Å². The summed E-state index contributed by atoms with van der Waals surface area (Å²) in [5, 5.41) is 3.65. The SMILES string of the molecule is Cc1cccc(N(CC(=O)N(Cc2ccc(Cl)cc2Cl)C(C)C(=O)NC(C)(C)C)S(C)(=O)=O)c1. The molecule has 2 aromatic rings. The maximum absolute atomic E-state index is 13.5. The molecule has 0 radical (unpaired) electrons. The van der Waals surface area contributed by atoms with Crippen LogP contribution in [0.15, 0.2) is 42.5 Å². The number of rotatable bonds is 8. The molecule has 0 aliphatic carbocycles. The fourth-order valence-corrected chi connectivity index (χ4v) is 4.60. The minimum absolute atomic E-state index is 0.00101. The van der Waals surface area contributed by atoms with Gasteiger partial charge in [-0.05, 0) is 70.0 Å². The summed E-state index contributed by atoms with van der Waals surface area (Å²) in [4.78, 5) is 27.8. The highest BCUT2D eigenvalue weighted by atomic mass is 35.5. The molecule has 34 heavy (non-hydrogen) atoms. The number of carbonyl (C=O) groups excluding carboxylic acids is 2. The molecule has 10 heteroatoms. The average molecular weight is 529 g/mol. The summed E-state index contributed by atoms with van der Waals surface area (Å²) in [5.41, 5.74) is 1.28. The molecule has 0 aliphatic rings. The van der Waals surface area contributed by atoms with E-state index in [9.17, 15) is 18.0 Å². The predicted octanol–water partition coefficient (Wildman–Crippen LogP) is 4.40. The lowest BCUT2D eigenvalue weighted by atomic mass is 10.1. The molecular weight excluding hydrogens is 497 g/mol. The number of carbonyl (C=O) groups is 2. The molecule has 186 valence electrons. The van der Waals surface area contributed by atoms with Crippen molar-refractivity contribution in [1.29, 1.82) is 0 Å². The van der Waals surface area contributed by atoms with Crippen LogP contribution >= 0.6 is 23.2 Å². The zero-order valence-corrected chi connectivity index (χ0v) is 22.6. The van der Waals surface area contributed by atoms with E-state index in [2.05, 4.69) is 5.32 Å². The zero-order chi connectivity index (χ0) is 25.8.